The summed E-state index contributed by atoms with van der Waals surface area (Å²) in [5.41, 5.74) is 6.60. The molecule has 3 heterocycles. The molecule has 4 rings (SSSR count). The van der Waals surface area contributed by atoms with Crippen LogP contribution in [0.3, 0.4) is 0 Å². The highest BCUT2D eigenvalue weighted by Gasteiger charge is 2.34. The summed E-state index contributed by atoms with van der Waals surface area (Å²) in [6.07, 6.45) is 0. The third-order valence-electron chi connectivity index (χ3n) is 4.56. The van der Waals surface area contributed by atoms with Gasteiger partial charge in [0.05, 0.1) is 22.4 Å². The first kappa shape index (κ1) is 15.9. The van der Waals surface area contributed by atoms with Gasteiger partial charge in [0.2, 0.25) is 0 Å². The number of pyridine rings is 1. The van der Waals surface area contributed by atoms with Crippen molar-refractivity contribution in [2.24, 2.45) is 0 Å². The van der Waals surface area contributed by atoms with Gasteiger partial charge in [-0.25, -0.2) is 4.79 Å². The Morgan fingerprint density at radius 1 is 1.00 bits per heavy atom. The number of urea groups is 1. The van der Waals surface area contributed by atoms with E-state index in [4.69, 9.17) is 5.73 Å². The van der Waals surface area contributed by atoms with Crippen LogP contribution in [0.2, 0.25) is 0 Å². The number of hydrogen-bond donors (Lipinski definition) is 4. The van der Waals surface area contributed by atoms with Gasteiger partial charge in [0.25, 0.3) is 17.4 Å². The Hall–Kier alpha value is -3.62. The van der Waals surface area contributed by atoms with Gasteiger partial charge >= 0.3 is 6.03 Å². The van der Waals surface area contributed by atoms with E-state index in [1.165, 1.54) is 4.57 Å². The molecular weight excluding hydrogens is 338 g/mol. The molecule has 132 valence electrons. The number of fused-ring (bicyclic) bond motifs is 2. The van der Waals surface area contributed by atoms with Crippen LogP contribution in [-0.2, 0) is 5.54 Å². The molecule has 4 amide bonds. The molecule has 0 saturated heterocycles. The summed E-state index contributed by atoms with van der Waals surface area (Å²) in [7, 11) is 0. The third kappa shape index (κ3) is 2.10. The number of nitrogens with one attached hydrogen (secondary N) is 3. The van der Waals surface area contributed by atoms with E-state index in [1.54, 1.807) is 18.2 Å². The van der Waals surface area contributed by atoms with Gasteiger partial charge in [0.15, 0.2) is 0 Å². The number of benzene rings is 1. The van der Waals surface area contributed by atoms with E-state index < -0.39 is 22.9 Å². The van der Waals surface area contributed by atoms with Crippen LogP contribution in [-0.4, -0.2) is 22.4 Å². The Labute approximate surface area is 147 Å². The molecule has 0 aliphatic carbocycles. The molecule has 0 spiro atoms. The van der Waals surface area contributed by atoms with E-state index in [2.05, 4.69) is 16.0 Å². The van der Waals surface area contributed by atoms with Crippen LogP contribution in [0.5, 0.6) is 0 Å². The lowest BCUT2D eigenvalue weighted by Gasteiger charge is -2.34. The van der Waals surface area contributed by atoms with Gasteiger partial charge in [-0.3, -0.25) is 24.3 Å². The van der Waals surface area contributed by atoms with Crippen LogP contribution in [0, 0.1) is 0 Å². The number of nitrogen functional groups attached to an aromatic ring is 1. The molecule has 0 saturated carbocycles. The van der Waals surface area contributed by atoms with Crippen LogP contribution in [0.4, 0.5) is 16.3 Å². The monoisotopic (exact) mass is 353 g/mol. The lowest BCUT2D eigenvalue weighted by atomic mass is 9.90. The normalized spacial score (nSPS) is 17.1. The van der Waals surface area contributed by atoms with E-state index in [0.717, 1.165) is 11.6 Å². The van der Waals surface area contributed by atoms with E-state index in [0.29, 0.717) is 11.4 Å². The summed E-state index contributed by atoms with van der Waals surface area (Å²) in [6.45, 7) is 3.66. The van der Waals surface area contributed by atoms with Gasteiger partial charge in [-0.15, -0.1) is 0 Å². The van der Waals surface area contributed by atoms with Crippen molar-refractivity contribution in [3.8, 4) is 5.69 Å². The lowest BCUT2D eigenvalue weighted by molar-refractivity contribution is 0.0880. The number of carbonyl (C=O) groups is 3. The summed E-state index contributed by atoms with van der Waals surface area (Å²) < 4.78 is 1.17. The van der Waals surface area contributed by atoms with Gasteiger partial charge in [0, 0.05) is 17.3 Å². The van der Waals surface area contributed by atoms with Crippen molar-refractivity contribution in [2.45, 2.75) is 19.4 Å². The summed E-state index contributed by atoms with van der Waals surface area (Å²) in [6, 6.07) is 5.76. The van der Waals surface area contributed by atoms with Crippen LogP contribution >= 0.6 is 0 Å². The molecule has 5 N–H and O–H groups in total. The van der Waals surface area contributed by atoms with Crippen molar-refractivity contribution in [3.63, 3.8) is 0 Å². The molecule has 0 atom stereocenters. The van der Waals surface area contributed by atoms with Gasteiger partial charge in [-0.2, -0.15) is 0 Å². The molecule has 1 aromatic carbocycles. The molecule has 0 radical (unpaired) electrons. The van der Waals surface area contributed by atoms with Crippen molar-refractivity contribution in [2.75, 3.05) is 11.1 Å². The standard InChI is InChI=1S/C17H15N5O4/c1-17(2)9-5-7(3-4-10(9)19-16(26)21-17)22-11(23)6-8-12(13(22)18)15(25)20-14(8)24/h3-6H,18H2,1-2H3,(H2,19,21,26)(H,20,24,25). The van der Waals surface area contributed by atoms with Crippen LogP contribution in [0.1, 0.15) is 40.1 Å². The summed E-state index contributed by atoms with van der Waals surface area (Å²) in [4.78, 5) is 48.0. The maximum atomic E-state index is 12.5. The van der Waals surface area contributed by atoms with Gasteiger partial charge in [-0.1, -0.05) is 0 Å². The van der Waals surface area contributed by atoms with Crippen LogP contribution < -0.4 is 27.2 Å². The number of amides is 4. The fraction of sp³-hybridized carbons (Fsp3) is 0.176. The summed E-state index contributed by atoms with van der Waals surface area (Å²) >= 11 is 0. The van der Waals surface area contributed by atoms with E-state index in [9.17, 15) is 19.2 Å². The van der Waals surface area contributed by atoms with Crippen LogP contribution in [0.15, 0.2) is 29.1 Å². The molecule has 1 aromatic heterocycles. The van der Waals surface area contributed by atoms with Crippen molar-refractivity contribution in [3.05, 3.63) is 51.3 Å². The fourth-order valence-electron chi connectivity index (χ4n) is 3.35. The molecule has 2 aliphatic rings. The van der Waals surface area contributed by atoms with E-state index in [1.807, 2.05) is 13.8 Å². The van der Waals surface area contributed by atoms with Gasteiger partial charge < -0.3 is 16.4 Å². The minimum absolute atomic E-state index is 0.0157. The van der Waals surface area contributed by atoms with Crippen LogP contribution in [0.25, 0.3) is 5.69 Å². The molecule has 0 fully saturated rings. The largest absolute Gasteiger partial charge is 0.384 e. The van der Waals surface area contributed by atoms with E-state index in [-0.39, 0.29) is 23.0 Å². The van der Waals surface area contributed by atoms with Crippen molar-refractivity contribution in [1.29, 1.82) is 0 Å². The minimum atomic E-state index is -0.671. The second-order valence-corrected chi connectivity index (χ2v) is 6.71. The Kier molecular flexibility index (Phi) is 3.02. The molecule has 0 bridgehead atoms. The number of imide groups is 1. The predicted molar refractivity (Wildman–Crippen MR) is 93.4 cm³/mol. The fourth-order valence-corrected chi connectivity index (χ4v) is 3.35. The number of nitrogens with zero attached hydrogens (tertiary/aromatic N) is 1. The molecule has 9 heteroatoms. The highest BCUT2D eigenvalue weighted by molar-refractivity contribution is 6.23. The molecule has 26 heavy (non-hydrogen) atoms. The topological polar surface area (TPSA) is 135 Å². The number of rotatable bonds is 1. The molecular formula is C17H15N5O4. The van der Waals surface area contributed by atoms with E-state index >= 15 is 0 Å². The SMILES string of the molecule is CC1(C)NC(=O)Nc2ccc(-n3c(N)c4c(cc3=O)C(=O)NC4=O)cc21. The number of carbonyl (C=O) groups excluding carboxylic acids is 3. The maximum Gasteiger partial charge on any atom is 0.319 e. The Bertz CT molecular complexity index is 1080. The maximum absolute atomic E-state index is 12.5. The van der Waals surface area contributed by atoms with Gasteiger partial charge in [-0.05, 0) is 32.0 Å². The second kappa shape index (κ2) is 4.94. The van der Waals surface area contributed by atoms with Crippen molar-refractivity contribution >= 4 is 29.4 Å². The quantitative estimate of drug-likeness (QED) is 0.559. The number of aromatic nitrogens is 1. The number of anilines is 2. The molecule has 0 unspecified atom stereocenters. The zero-order chi connectivity index (χ0) is 18.8. The zero-order valence-electron chi connectivity index (χ0n) is 14.0. The number of nitrogens with two attached hydrogens (primary N) is 1. The highest BCUT2D eigenvalue weighted by Crippen LogP contribution is 2.33. The minimum Gasteiger partial charge on any atom is -0.384 e. The molecule has 9 nitrogen and oxygen atoms in total. The summed E-state index contributed by atoms with van der Waals surface area (Å²) in [5.74, 6) is -1.38. The van der Waals surface area contributed by atoms with Crippen molar-refractivity contribution in [1.82, 2.24) is 15.2 Å². The smallest absolute Gasteiger partial charge is 0.319 e. The first-order valence-electron chi connectivity index (χ1n) is 7.84. The predicted octanol–water partition coefficient (Wildman–Crippen LogP) is 0.673. The first-order valence-corrected chi connectivity index (χ1v) is 7.84. The van der Waals surface area contributed by atoms with Gasteiger partial charge in [0.1, 0.15) is 5.82 Å². The highest BCUT2D eigenvalue weighted by atomic mass is 16.2. The third-order valence-corrected chi connectivity index (χ3v) is 4.56. The Balaban J connectivity index is 1.95. The summed E-state index contributed by atoms with van der Waals surface area (Å²) in [5, 5.41) is 7.63. The lowest BCUT2D eigenvalue weighted by Crippen LogP contribution is -2.47. The molecule has 2 aliphatic heterocycles. The Morgan fingerprint density at radius 3 is 2.46 bits per heavy atom. The zero-order valence-corrected chi connectivity index (χ0v) is 14.0. The Morgan fingerprint density at radius 2 is 1.73 bits per heavy atom. The number of hydrogen-bond acceptors (Lipinski definition) is 5. The van der Waals surface area contributed by atoms with Crippen molar-refractivity contribution < 1.29 is 14.4 Å². The first-order chi connectivity index (χ1) is 12.2. The molecule has 2 aromatic rings. The average Bonchev–Trinajstić information content (AvgIpc) is 2.81. The second-order valence-electron chi connectivity index (χ2n) is 6.71. The average molecular weight is 353 g/mol.